The highest BCUT2D eigenvalue weighted by Crippen LogP contribution is 2.31. The van der Waals surface area contributed by atoms with Crippen molar-refractivity contribution in [2.24, 2.45) is 0 Å². The number of aliphatic hydroxyl groups excluding tert-OH is 2. The Balaban J connectivity index is 0.000000460. The molecule has 212 valence electrons. The molecule has 1 fully saturated rings. The van der Waals surface area contributed by atoms with E-state index < -0.39 is 0 Å². The minimum Gasteiger partial charge on any atom is -0.508 e. The fourth-order valence-electron chi connectivity index (χ4n) is 5.06. The number of fused-ring (bicyclic) bond motifs is 1. The van der Waals surface area contributed by atoms with Gasteiger partial charge in [-0.1, -0.05) is 42.9 Å². The molecule has 1 atom stereocenters. The molecule has 0 aromatic carbocycles. The molecule has 4 rings (SSSR count). The van der Waals surface area contributed by atoms with E-state index in [1.807, 2.05) is 23.6 Å². The van der Waals surface area contributed by atoms with E-state index >= 15 is 0 Å². The van der Waals surface area contributed by atoms with Gasteiger partial charge >= 0.3 is 0 Å². The van der Waals surface area contributed by atoms with E-state index in [0.29, 0.717) is 18.3 Å². The number of nitrogens with zero attached hydrogens (tertiary/aromatic N) is 4. The molecule has 2 aromatic heterocycles. The van der Waals surface area contributed by atoms with Crippen molar-refractivity contribution in [3.8, 4) is 0 Å². The van der Waals surface area contributed by atoms with Crippen molar-refractivity contribution in [3.05, 3.63) is 90.7 Å². The van der Waals surface area contributed by atoms with Crippen LogP contribution in [0.25, 0.3) is 11.1 Å². The Bertz CT molecular complexity index is 1190. The molecule has 1 saturated heterocycles. The van der Waals surface area contributed by atoms with E-state index in [0.717, 1.165) is 67.5 Å². The second kappa shape index (κ2) is 17.2. The number of aromatic nitrogens is 3. The van der Waals surface area contributed by atoms with Crippen LogP contribution >= 0.6 is 0 Å². The van der Waals surface area contributed by atoms with Gasteiger partial charge in [0.25, 0.3) is 0 Å². The highest BCUT2D eigenvalue weighted by atomic mass is 16.3. The summed E-state index contributed by atoms with van der Waals surface area (Å²) >= 11 is 0. The van der Waals surface area contributed by atoms with Gasteiger partial charge in [0.05, 0.1) is 6.61 Å². The van der Waals surface area contributed by atoms with E-state index in [-0.39, 0.29) is 12.4 Å². The molecule has 1 aliphatic carbocycles. The topological polar surface area (TPSA) is 99.9 Å². The molecule has 2 aromatic rings. The van der Waals surface area contributed by atoms with Crippen LogP contribution < -0.4 is 5.73 Å². The molecule has 2 aliphatic rings. The van der Waals surface area contributed by atoms with Crippen molar-refractivity contribution < 1.29 is 10.2 Å². The van der Waals surface area contributed by atoms with Gasteiger partial charge < -0.3 is 15.9 Å². The molecule has 3 heterocycles. The van der Waals surface area contributed by atoms with Crippen LogP contribution in [0, 0.1) is 0 Å². The Hall–Kier alpha value is -3.42. The first-order chi connectivity index (χ1) is 19.0. The van der Waals surface area contributed by atoms with E-state index in [4.69, 9.17) is 5.73 Å². The SMILES string of the molecule is C/C=C\C(C)=C/CC.C=C.Nc1ncnn2c(CCCCN3CCCC3CO)cc(C3=CC(O)=CC=CC3)c12. The second-order valence-electron chi connectivity index (χ2n) is 9.68. The average Bonchev–Trinajstić information content (AvgIpc) is 3.48. The highest BCUT2D eigenvalue weighted by molar-refractivity contribution is 5.86. The minimum absolute atomic E-state index is 0.231. The average molecular weight is 534 g/mol. The van der Waals surface area contributed by atoms with Crippen LogP contribution in [0.2, 0.25) is 0 Å². The van der Waals surface area contributed by atoms with Crippen LogP contribution in [-0.4, -0.2) is 55.4 Å². The maximum absolute atomic E-state index is 10.0. The van der Waals surface area contributed by atoms with Crippen molar-refractivity contribution in [1.29, 1.82) is 0 Å². The lowest BCUT2D eigenvalue weighted by molar-refractivity contribution is 0.157. The number of aryl methyl sites for hydroxylation is 1. The predicted octanol–water partition coefficient (Wildman–Crippen LogP) is 6.60. The van der Waals surface area contributed by atoms with Gasteiger partial charge in [0, 0.05) is 17.3 Å². The minimum atomic E-state index is 0.231. The standard InChI is InChI=1S/C22H29N5O2.C8H14.C2H4/c23-22-21-20(16-6-1-2-9-19(29)12-16)13-17(27(21)25-15-24-22)7-3-4-10-26-11-5-8-18(26)14-28;1-4-6-8(3)7-5-2;1-2/h1-2,9,12-13,15,18,28-29H,3-8,10-11,14H2,(H2,23,24,25);4,6-7H,5H2,1-3H3;1-2H2/b;6-4-,8-7-;. The van der Waals surface area contributed by atoms with Gasteiger partial charge in [0.1, 0.15) is 17.6 Å². The normalized spacial score (nSPS) is 17.7. The molecule has 0 radical (unpaired) electrons. The number of rotatable bonds is 9. The lowest BCUT2D eigenvalue weighted by atomic mass is 10.0. The first kappa shape index (κ1) is 31.8. The van der Waals surface area contributed by atoms with Crippen LogP contribution in [0.5, 0.6) is 0 Å². The van der Waals surface area contributed by atoms with Crippen molar-refractivity contribution in [2.45, 2.75) is 71.8 Å². The Kier molecular flexibility index (Phi) is 14.0. The molecule has 1 aliphatic heterocycles. The number of nitrogen functional groups attached to an aromatic ring is 1. The third-order valence-electron chi connectivity index (χ3n) is 6.86. The highest BCUT2D eigenvalue weighted by Gasteiger charge is 2.23. The smallest absolute Gasteiger partial charge is 0.151 e. The largest absolute Gasteiger partial charge is 0.508 e. The zero-order chi connectivity index (χ0) is 28.6. The number of hydrogen-bond donors (Lipinski definition) is 3. The zero-order valence-electron chi connectivity index (χ0n) is 24.0. The van der Waals surface area contributed by atoms with Crippen LogP contribution in [0.1, 0.15) is 70.6 Å². The Morgan fingerprint density at radius 2 is 2.08 bits per heavy atom. The quantitative estimate of drug-likeness (QED) is 0.191. The molecular formula is C32H47N5O2. The lowest BCUT2D eigenvalue weighted by Gasteiger charge is -2.22. The van der Waals surface area contributed by atoms with Gasteiger partial charge in [0.15, 0.2) is 5.82 Å². The second-order valence-corrected chi connectivity index (χ2v) is 9.68. The maximum Gasteiger partial charge on any atom is 0.151 e. The Morgan fingerprint density at radius 3 is 2.79 bits per heavy atom. The molecule has 39 heavy (non-hydrogen) atoms. The monoisotopic (exact) mass is 533 g/mol. The summed E-state index contributed by atoms with van der Waals surface area (Å²) in [5, 5.41) is 23.9. The third-order valence-corrected chi connectivity index (χ3v) is 6.86. The molecule has 0 amide bonds. The summed E-state index contributed by atoms with van der Waals surface area (Å²) in [5.41, 5.74) is 11.4. The van der Waals surface area contributed by atoms with Gasteiger partial charge in [-0.25, -0.2) is 9.50 Å². The molecule has 7 nitrogen and oxygen atoms in total. The van der Waals surface area contributed by atoms with E-state index in [2.05, 4.69) is 66.3 Å². The van der Waals surface area contributed by atoms with Crippen molar-refractivity contribution in [2.75, 3.05) is 25.4 Å². The molecule has 1 unspecified atom stereocenters. The summed E-state index contributed by atoms with van der Waals surface area (Å²) in [7, 11) is 0. The molecular weight excluding hydrogens is 486 g/mol. The molecule has 0 bridgehead atoms. The Labute approximate surface area is 234 Å². The van der Waals surface area contributed by atoms with E-state index in [9.17, 15) is 10.2 Å². The van der Waals surface area contributed by atoms with Crippen LogP contribution in [-0.2, 0) is 6.42 Å². The molecule has 4 N–H and O–H groups in total. The van der Waals surface area contributed by atoms with E-state index in [1.54, 1.807) is 12.2 Å². The first-order valence-corrected chi connectivity index (χ1v) is 14.0. The van der Waals surface area contributed by atoms with Crippen LogP contribution in [0.15, 0.2) is 79.4 Å². The van der Waals surface area contributed by atoms with Crippen molar-refractivity contribution in [1.82, 2.24) is 19.5 Å². The van der Waals surface area contributed by atoms with Gasteiger partial charge in [-0.2, -0.15) is 5.10 Å². The summed E-state index contributed by atoms with van der Waals surface area (Å²) < 4.78 is 1.89. The number of hydrogen-bond acceptors (Lipinski definition) is 6. The Morgan fingerprint density at radius 1 is 1.28 bits per heavy atom. The predicted molar refractivity (Wildman–Crippen MR) is 165 cm³/mol. The summed E-state index contributed by atoms with van der Waals surface area (Å²) in [5.74, 6) is 0.677. The summed E-state index contributed by atoms with van der Waals surface area (Å²) in [6.45, 7) is 14.7. The van der Waals surface area contributed by atoms with Gasteiger partial charge in [-0.3, -0.25) is 4.90 Å². The van der Waals surface area contributed by atoms with Crippen LogP contribution in [0.4, 0.5) is 5.82 Å². The summed E-state index contributed by atoms with van der Waals surface area (Å²) in [4.78, 5) is 6.58. The fraction of sp³-hybridized carbons (Fsp3) is 0.438. The van der Waals surface area contributed by atoms with Gasteiger partial charge in [0.2, 0.25) is 0 Å². The van der Waals surface area contributed by atoms with Crippen molar-refractivity contribution >= 4 is 16.9 Å². The third kappa shape index (κ3) is 9.37. The summed E-state index contributed by atoms with van der Waals surface area (Å²) in [6.07, 6.45) is 22.4. The molecule has 7 heteroatoms. The van der Waals surface area contributed by atoms with Gasteiger partial charge in [-0.05, 0) is 95.7 Å². The number of nitrogens with two attached hydrogens (primary N) is 1. The summed E-state index contributed by atoms with van der Waals surface area (Å²) in [6, 6.07) is 2.46. The maximum atomic E-state index is 10.0. The molecule has 0 saturated carbocycles. The van der Waals surface area contributed by atoms with Crippen molar-refractivity contribution in [3.63, 3.8) is 0 Å². The number of unbranched alkanes of at least 4 members (excludes halogenated alkanes) is 1. The number of likely N-dealkylation sites (tertiary alicyclic amines) is 1. The molecule has 0 spiro atoms. The first-order valence-electron chi connectivity index (χ1n) is 14.0. The van der Waals surface area contributed by atoms with E-state index in [1.165, 1.54) is 18.3 Å². The van der Waals surface area contributed by atoms with Crippen LogP contribution in [0.3, 0.4) is 0 Å². The van der Waals surface area contributed by atoms with Gasteiger partial charge in [-0.15, -0.1) is 13.2 Å². The lowest BCUT2D eigenvalue weighted by Crippen LogP contribution is -2.33. The number of aliphatic hydroxyl groups is 2. The number of anilines is 1. The fourth-order valence-corrected chi connectivity index (χ4v) is 5.06. The zero-order valence-corrected chi connectivity index (χ0v) is 24.0. The number of allylic oxidation sites excluding steroid dienone is 9.